The standard InChI is InChI=1S/C27H40N4O3S/c1-18(2)28-23-16-20(4)24(21(5)17-23)10-15-35(33,34)31-13-11-27(12-14-31)26(32)29-25(30-27)22-8-6-19(3)7-9-22/h10,15-19,22,28H,6-9,11-14H2,1-5H3,(H,29,30,32)/b15-10+. The highest BCUT2D eigenvalue weighted by Gasteiger charge is 2.48. The monoisotopic (exact) mass is 500 g/mol. The molecule has 35 heavy (non-hydrogen) atoms. The average molecular weight is 501 g/mol. The van der Waals surface area contributed by atoms with Crippen LogP contribution in [-0.4, -0.2) is 49.1 Å². The van der Waals surface area contributed by atoms with E-state index < -0.39 is 15.6 Å². The van der Waals surface area contributed by atoms with Gasteiger partial charge in [0.25, 0.3) is 5.91 Å². The number of nitrogens with zero attached hydrogens (tertiary/aromatic N) is 2. The van der Waals surface area contributed by atoms with Crippen LogP contribution in [0.4, 0.5) is 5.69 Å². The molecule has 192 valence electrons. The van der Waals surface area contributed by atoms with E-state index in [1.54, 1.807) is 6.08 Å². The van der Waals surface area contributed by atoms with Gasteiger partial charge in [-0.25, -0.2) is 8.42 Å². The third-order valence-electron chi connectivity index (χ3n) is 7.77. The van der Waals surface area contributed by atoms with E-state index in [1.165, 1.54) is 22.6 Å². The molecule has 0 unspecified atom stereocenters. The number of anilines is 1. The zero-order valence-corrected chi connectivity index (χ0v) is 22.5. The topological polar surface area (TPSA) is 90.9 Å². The maximum absolute atomic E-state index is 13.1. The van der Waals surface area contributed by atoms with Crippen molar-refractivity contribution in [3.8, 4) is 0 Å². The van der Waals surface area contributed by atoms with Gasteiger partial charge in [0.2, 0.25) is 10.0 Å². The van der Waals surface area contributed by atoms with Crippen molar-refractivity contribution in [2.75, 3.05) is 18.4 Å². The van der Waals surface area contributed by atoms with E-state index in [1.807, 2.05) is 26.0 Å². The van der Waals surface area contributed by atoms with E-state index in [4.69, 9.17) is 4.99 Å². The molecule has 2 fully saturated rings. The van der Waals surface area contributed by atoms with Crippen LogP contribution in [0.2, 0.25) is 0 Å². The normalized spacial score (nSPS) is 25.3. The first-order valence-electron chi connectivity index (χ1n) is 13.0. The van der Waals surface area contributed by atoms with Gasteiger partial charge >= 0.3 is 0 Å². The Kier molecular flexibility index (Phi) is 7.44. The molecule has 4 rings (SSSR count). The fraction of sp³-hybridized carbons (Fsp3) is 0.630. The Morgan fingerprint density at radius 1 is 1.11 bits per heavy atom. The second-order valence-electron chi connectivity index (χ2n) is 11.0. The van der Waals surface area contributed by atoms with Crippen molar-refractivity contribution in [1.29, 1.82) is 0 Å². The predicted octanol–water partition coefficient (Wildman–Crippen LogP) is 4.61. The minimum atomic E-state index is -3.59. The summed E-state index contributed by atoms with van der Waals surface area (Å²) in [5.74, 6) is 1.84. The number of carbonyl (C=O) groups is 1. The van der Waals surface area contributed by atoms with Crippen LogP contribution in [0, 0.1) is 25.7 Å². The van der Waals surface area contributed by atoms with Crippen LogP contribution in [0.25, 0.3) is 6.08 Å². The van der Waals surface area contributed by atoms with E-state index >= 15 is 0 Å². The van der Waals surface area contributed by atoms with Crippen LogP contribution >= 0.6 is 0 Å². The van der Waals surface area contributed by atoms with E-state index in [-0.39, 0.29) is 5.91 Å². The molecule has 1 aromatic carbocycles. The number of amidine groups is 1. The number of hydrogen-bond donors (Lipinski definition) is 2. The molecule has 1 aromatic rings. The van der Waals surface area contributed by atoms with Gasteiger partial charge in [-0.05, 0) is 94.2 Å². The zero-order chi connectivity index (χ0) is 25.4. The van der Waals surface area contributed by atoms with Gasteiger partial charge in [-0.2, -0.15) is 4.31 Å². The third kappa shape index (κ3) is 5.64. The molecule has 2 N–H and O–H groups in total. The number of sulfonamides is 1. The molecule has 1 amide bonds. The number of piperidine rings is 1. The molecule has 7 nitrogen and oxygen atoms in total. The SMILES string of the molecule is Cc1cc(NC(C)C)cc(C)c1/C=C/S(=O)(=O)N1CCC2(CC1)N=C(C1CCC(C)CC1)NC2=O. The zero-order valence-electron chi connectivity index (χ0n) is 21.7. The second-order valence-corrected chi connectivity index (χ2v) is 12.8. The fourth-order valence-electron chi connectivity index (χ4n) is 5.61. The van der Waals surface area contributed by atoms with Gasteiger partial charge in [-0.15, -0.1) is 0 Å². The van der Waals surface area contributed by atoms with Crippen LogP contribution < -0.4 is 10.6 Å². The Morgan fingerprint density at radius 2 is 1.71 bits per heavy atom. The highest BCUT2D eigenvalue weighted by atomic mass is 32.2. The van der Waals surface area contributed by atoms with Gasteiger partial charge in [-0.1, -0.05) is 19.8 Å². The lowest BCUT2D eigenvalue weighted by atomic mass is 9.82. The van der Waals surface area contributed by atoms with Crippen molar-refractivity contribution < 1.29 is 13.2 Å². The number of hydrogen-bond acceptors (Lipinski definition) is 5. The van der Waals surface area contributed by atoms with E-state index in [0.717, 1.165) is 47.0 Å². The Bertz CT molecular complexity index is 1100. The minimum Gasteiger partial charge on any atom is -0.383 e. The lowest BCUT2D eigenvalue weighted by molar-refractivity contribution is -0.124. The molecule has 0 aromatic heterocycles. The lowest BCUT2D eigenvalue weighted by Crippen LogP contribution is -2.50. The second kappa shape index (κ2) is 10.1. The van der Waals surface area contributed by atoms with Gasteiger partial charge < -0.3 is 10.6 Å². The molecule has 0 atom stereocenters. The first kappa shape index (κ1) is 25.9. The van der Waals surface area contributed by atoms with Gasteiger partial charge in [0.1, 0.15) is 11.4 Å². The Morgan fingerprint density at radius 3 is 2.29 bits per heavy atom. The molecule has 1 aliphatic carbocycles. The number of aliphatic imine (C=N–C) groups is 1. The molecule has 0 radical (unpaired) electrons. The van der Waals surface area contributed by atoms with Gasteiger partial charge in [0.15, 0.2) is 0 Å². The first-order chi connectivity index (χ1) is 16.5. The number of amides is 1. The van der Waals surface area contributed by atoms with Crippen molar-refractivity contribution in [1.82, 2.24) is 9.62 Å². The van der Waals surface area contributed by atoms with Crippen LogP contribution in [0.5, 0.6) is 0 Å². The summed E-state index contributed by atoms with van der Waals surface area (Å²) >= 11 is 0. The molecular formula is C27H40N4O3S. The number of carbonyl (C=O) groups excluding carboxylic acids is 1. The number of rotatable bonds is 6. The smallest absolute Gasteiger partial charge is 0.253 e. The summed E-state index contributed by atoms with van der Waals surface area (Å²) in [6, 6.07) is 4.42. The maximum atomic E-state index is 13.1. The number of aryl methyl sites for hydroxylation is 2. The number of nitrogens with one attached hydrogen (secondary N) is 2. The molecule has 1 saturated heterocycles. The Labute approximate surface area is 210 Å². The van der Waals surface area contributed by atoms with Crippen LogP contribution in [0.3, 0.4) is 0 Å². The summed E-state index contributed by atoms with van der Waals surface area (Å²) in [6.07, 6.45) is 7.01. The molecular weight excluding hydrogens is 460 g/mol. The molecule has 0 bridgehead atoms. The molecule has 8 heteroatoms. The van der Waals surface area contributed by atoms with E-state index in [9.17, 15) is 13.2 Å². The fourth-order valence-corrected chi connectivity index (χ4v) is 6.78. The van der Waals surface area contributed by atoms with Crippen molar-refractivity contribution >= 4 is 33.5 Å². The first-order valence-corrected chi connectivity index (χ1v) is 14.5. The summed E-state index contributed by atoms with van der Waals surface area (Å²) in [6.45, 7) is 11.0. The lowest BCUT2D eigenvalue weighted by Gasteiger charge is -2.34. The van der Waals surface area contributed by atoms with Crippen molar-refractivity contribution in [3.05, 3.63) is 34.2 Å². The summed E-state index contributed by atoms with van der Waals surface area (Å²) in [7, 11) is -3.59. The van der Waals surface area contributed by atoms with E-state index in [2.05, 4.69) is 31.4 Å². The molecule has 3 aliphatic rings. The minimum absolute atomic E-state index is 0.0555. The summed E-state index contributed by atoms with van der Waals surface area (Å²) in [4.78, 5) is 17.8. The molecule has 2 aliphatic heterocycles. The Balaban J connectivity index is 1.43. The maximum Gasteiger partial charge on any atom is 0.253 e. The van der Waals surface area contributed by atoms with E-state index in [0.29, 0.717) is 37.9 Å². The van der Waals surface area contributed by atoms with Crippen molar-refractivity contribution in [3.63, 3.8) is 0 Å². The van der Waals surface area contributed by atoms with Crippen LogP contribution in [-0.2, 0) is 14.8 Å². The highest BCUT2D eigenvalue weighted by Crippen LogP contribution is 2.36. The number of benzene rings is 1. The van der Waals surface area contributed by atoms with Gasteiger partial charge in [0.05, 0.1) is 0 Å². The quantitative estimate of drug-likeness (QED) is 0.597. The highest BCUT2D eigenvalue weighted by molar-refractivity contribution is 7.92. The molecule has 1 saturated carbocycles. The van der Waals surface area contributed by atoms with Crippen LogP contribution in [0.1, 0.15) is 76.0 Å². The predicted molar refractivity (Wildman–Crippen MR) is 143 cm³/mol. The summed E-state index contributed by atoms with van der Waals surface area (Å²) < 4.78 is 27.7. The van der Waals surface area contributed by atoms with Crippen molar-refractivity contribution in [2.24, 2.45) is 16.8 Å². The largest absolute Gasteiger partial charge is 0.383 e. The average Bonchev–Trinajstić information content (AvgIpc) is 3.09. The molecule has 2 heterocycles. The van der Waals surface area contributed by atoms with Crippen molar-refractivity contribution in [2.45, 2.75) is 84.7 Å². The molecule has 1 spiro atoms. The Hall–Kier alpha value is -2.19. The summed E-state index contributed by atoms with van der Waals surface area (Å²) in [5.41, 5.74) is 3.20. The van der Waals surface area contributed by atoms with Gasteiger partial charge in [0, 0.05) is 36.1 Å². The van der Waals surface area contributed by atoms with Crippen LogP contribution in [0.15, 0.2) is 22.5 Å². The summed E-state index contributed by atoms with van der Waals surface area (Å²) in [5, 5.41) is 7.76. The van der Waals surface area contributed by atoms with Gasteiger partial charge in [-0.3, -0.25) is 9.79 Å². The third-order valence-corrected chi connectivity index (χ3v) is 9.33.